The summed E-state index contributed by atoms with van der Waals surface area (Å²) in [6.07, 6.45) is 3.44. The van der Waals surface area contributed by atoms with Gasteiger partial charge in [0.2, 0.25) is 0 Å². The SMILES string of the molecule is CC(N)c1ccc(Br)cc1N1CCCCC1CO. The summed E-state index contributed by atoms with van der Waals surface area (Å²) >= 11 is 3.52. The van der Waals surface area contributed by atoms with Crippen molar-refractivity contribution >= 4 is 21.6 Å². The van der Waals surface area contributed by atoms with Crippen LogP contribution in [0.15, 0.2) is 22.7 Å². The highest BCUT2D eigenvalue weighted by Crippen LogP contribution is 2.33. The van der Waals surface area contributed by atoms with Gasteiger partial charge in [-0.3, -0.25) is 0 Å². The monoisotopic (exact) mass is 312 g/mol. The summed E-state index contributed by atoms with van der Waals surface area (Å²) in [4.78, 5) is 2.31. The van der Waals surface area contributed by atoms with Crippen molar-refractivity contribution in [3.8, 4) is 0 Å². The van der Waals surface area contributed by atoms with E-state index < -0.39 is 0 Å². The first-order valence-electron chi connectivity index (χ1n) is 6.56. The summed E-state index contributed by atoms with van der Waals surface area (Å²) in [6.45, 7) is 3.22. The van der Waals surface area contributed by atoms with Gasteiger partial charge in [-0.05, 0) is 43.9 Å². The number of hydrogen-bond donors (Lipinski definition) is 2. The minimum absolute atomic E-state index is 0.00868. The summed E-state index contributed by atoms with van der Waals surface area (Å²) in [5, 5.41) is 9.54. The lowest BCUT2D eigenvalue weighted by Gasteiger charge is -2.38. The lowest BCUT2D eigenvalue weighted by atomic mass is 9.98. The van der Waals surface area contributed by atoms with E-state index in [0.717, 1.165) is 28.7 Å². The first-order chi connectivity index (χ1) is 8.63. The molecule has 2 atom stereocenters. The van der Waals surface area contributed by atoms with E-state index in [9.17, 15) is 5.11 Å². The molecule has 0 saturated carbocycles. The Kier molecular flexibility index (Phi) is 4.65. The van der Waals surface area contributed by atoms with E-state index in [1.807, 2.05) is 13.0 Å². The Morgan fingerprint density at radius 1 is 1.50 bits per heavy atom. The van der Waals surface area contributed by atoms with Gasteiger partial charge in [0, 0.05) is 22.7 Å². The Morgan fingerprint density at radius 2 is 2.28 bits per heavy atom. The predicted octanol–water partition coefficient (Wildman–Crippen LogP) is 2.82. The first kappa shape index (κ1) is 13.8. The van der Waals surface area contributed by atoms with E-state index in [2.05, 4.69) is 33.0 Å². The third kappa shape index (κ3) is 2.87. The van der Waals surface area contributed by atoms with E-state index >= 15 is 0 Å². The van der Waals surface area contributed by atoms with Gasteiger partial charge in [0.1, 0.15) is 0 Å². The fourth-order valence-corrected chi connectivity index (χ4v) is 3.01. The molecule has 2 rings (SSSR count). The van der Waals surface area contributed by atoms with E-state index in [1.54, 1.807) is 0 Å². The van der Waals surface area contributed by atoms with Crippen molar-refractivity contribution in [2.75, 3.05) is 18.1 Å². The molecule has 2 unspecified atom stereocenters. The Labute approximate surface area is 117 Å². The smallest absolute Gasteiger partial charge is 0.0635 e. The standard InChI is InChI=1S/C14H21BrN2O/c1-10(16)13-6-5-11(15)8-14(13)17-7-3-2-4-12(17)9-18/h5-6,8,10,12,18H,2-4,7,9,16H2,1H3. The topological polar surface area (TPSA) is 49.5 Å². The van der Waals surface area contributed by atoms with Crippen LogP contribution in [0.25, 0.3) is 0 Å². The number of nitrogens with zero attached hydrogens (tertiary/aromatic N) is 1. The summed E-state index contributed by atoms with van der Waals surface area (Å²) < 4.78 is 1.06. The summed E-state index contributed by atoms with van der Waals surface area (Å²) in [6, 6.07) is 6.46. The second kappa shape index (κ2) is 6.04. The third-order valence-corrected chi connectivity index (χ3v) is 4.12. The minimum Gasteiger partial charge on any atom is -0.394 e. The molecule has 1 aliphatic heterocycles. The number of aliphatic hydroxyl groups is 1. The first-order valence-corrected chi connectivity index (χ1v) is 7.35. The molecule has 1 heterocycles. The Balaban J connectivity index is 2.37. The highest BCUT2D eigenvalue weighted by Gasteiger charge is 2.24. The number of nitrogens with two attached hydrogens (primary N) is 1. The van der Waals surface area contributed by atoms with Crippen LogP contribution in [0.3, 0.4) is 0 Å². The average molecular weight is 313 g/mol. The molecule has 4 heteroatoms. The maximum absolute atomic E-state index is 9.54. The van der Waals surface area contributed by atoms with Crippen LogP contribution in [0.2, 0.25) is 0 Å². The second-order valence-corrected chi connectivity index (χ2v) is 5.93. The van der Waals surface area contributed by atoms with Gasteiger partial charge >= 0.3 is 0 Å². The highest BCUT2D eigenvalue weighted by atomic mass is 79.9. The molecule has 1 fully saturated rings. The fourth-order valence-electron chi connectivity index (χ4n) is 2.66. The molecular weight excluding hydrogens is 292 g/mol. The molecule has 0 aromatic heterocycles. The van der Waals surface area contributed by atoms with Crippen molar-refractivity contribution in [1.29, 1.82) is 0 Å². The molecule has 100 valence electrons. The van der Waals surface area contributed by atoms with Crippen LogP contribution in [0.1, 0.15) is 37.8 Å². The van der Waals surface area contributed by atoms with Crippen molar-refractivity contribution in [3.63, 3.8) is 0 Å². The number of aliphatic hydroxyl groups excluding tert-OH is 1. The zero-order valence-electron chi connectivity index (χ0n) is 10.8. The van der Waals surface area contributed by atoms with Crippen LogP contribution in [0, 0.1) is 0 Å². The number of benzene rings is 1. The van der Waals surface area contributed by atoms with Crippen molar-refractivity contribution in [1.82, 2.24) is 0 Å². The Bertz CT molecular complexity index is 409. The van der Waals surface area contributed by atoms with Crippen LogP contribution >= 0.6 is 15.9 Å². The van der Waals surface area contributed by atoms with Crippen LogP contribution in [0.5, 0.6) is 0 Å². The molecule has 1 saturated heterocycles. The van der Waals surface area contributed by atoms with Crippen LogP contribution in [-0.2, 0) is 0 Å². The molecule has 0 bridgehead atoms. The maximum Gasteiger partial charge on any atom is 0.0635 e. The van der Waals surface area contributed by atoms with E-state index in [-0.39, 0.29) is 18.7 Å². The lowest BCUT2D eigenvalue weighted by molar-refractivity contribution is 0.240. The van der Waals surface area contributed by atoms with Crippen molar-refractivity contribution in [2.45, 2.75) is 38.3 Å². The zero-order chi connectivity index (χ0) is 13.1. The largest absolute Gasteiger partial charge is 0.394 e. The zero-order valence-corrected chi connectivity index (χ0v) is 12.4. The van der Waals surface area contributed by atoms with Gasteiger partial charge in [-0.15, -0.1) is 0 Å². The normalized spacial score (nSPS) is 22.0. The van der Waals surface area contributed by atoms with E-state index in [0.29, 0.717) is 0 Å². The number of piperidine rings is 1. The second-order valence-electron chi connectivity index (χ2n) is 5.02. The molecule has 0 amide bonds. The van der Waals surface area contributed by atoms with E-state index in [1.165, 1.54) is 12.8 Å². The van der Waals surface area contributed by atoms with Gasteiger partial charge in [0.25, 0.3) is 0 Å². The molecule has 1 aliphatic rings. The molecule has 18 heavy (non-hydrogen) atoms. The van der Waals surface area contributed by atoms with Crippen molar-refractivity contribution < 1.29 is 5.11 Å². The minimum atomic E-state index is 0.00868. The van der Waals surface area contributed by atoms with Gasteiger partial charge in [0.15, 0.2) is 0 Å². The molecule has 3 nitrogen and oxygen atoms in total. The molecule has 0 radical (unpaired) electrons. The molecule has 0 spiro atoms. The van der Waals surface area contributed by atoms with E-state index in [4.69, 9.17) is 5.73 Å². The lowest BCUT2D eigenvalue weighted by Crippen LogP contribution is -2.42. The summed E-state index contributed by atoms with van der Waals surface area (Å²) in [7, 11) is 0. The fraction of sp³-hybridized carbons (Fsp3) is 0.571. The van der Waals surface area contributed by atoms with Gasteiger partial charge < -0.3 is 15.7 Å². The number of hydrogen-bond acceptors (Lipinski definition) is 3. The Morgan fingerprint density at radius 3 is 2.94 bits per heavy atom. The van der Waals surface area contributed by atoms with Gasteiger partial charge in [0.05, 0.1) is 12.6 Å². The molecule has 1 aromatic carbocycles. The Hall–Kier alpha value is -0.580. The number of halogens is 1. The molecule has 3 N–H and O–H groups in total. The quantitative estimate of drug-likeness (QED) is 0.902. The van der Waals surface area contributed by atoms with Crippen LogP contribution in [0.4, 0.5) is 5.69 Å². The number of rotatable bonds is 3. The van der Waals surface area contributed by atoms with Crippen molar-refractivity contribution in [2.24, 2.45) is 5.73 Å². The molecular formula is C14H21BrN2O. The third-order valence-electron chi connectivity index (χ3n) is 3.63. The summed E-state index contributed by atoms with van der Waals surface area (Å²) in [5.74, 6) is 0. The maximum atomic E-state index is 9.54. The number of anilines is 1. The van der Waals surface area contributed by atoms with Crippen molar-refractivity contribution in [3.05, 3.63) is 28.2 Å². The van der Waals surface area contributed by atoms with Crippen LogP contribution < -0.4 is 10.6 Å². The summed E-state index contributed by atoms with van der Waals surface area (Å²) in [5.41, 5.74) is 8.37. The van der Waals surface area contributed by atoms with Gasteiger partial charge in [-0.1, -0.05) is 22.0 Å². The van der Waals surface area contributed by atoms with Crippen LogP contribution in [-0.4, -0.2) is 24.3 Å². The molecule has 0 aliphatic carbocycles. The highest BCUT2D eigenvalue weighted by molar-refractivity contribution is 9.10. The van der Waals surface area contributed by atoms with Gasteiger partial charge in [-0.2, -0.15) is 0 Å². The van der Waals surface area contributed by atoms with Gasteiger partial charge in [-0.25, -0.2) is 0 Å². The molecule has 1 aromatic rings. The average Bonchev–Trinajstić information content (AvgIpc) is 2.38. The predicted molar refractivity (Wildman–Crippen MR) is 78.8 cm³/mol.